The molecule has 3 nitrogen and oxygen atoms in total. The van der Waals surface area contributed by atoms with Crippen molar-refractivity contribution in [1.82, 2.24) is 5.43 Å². The van der Waals surface area contributed by atoms with E-state index in [1.165, 1.54) is 5.56 Å². The number of hydrazone groups is 1. The lowest BCUT2D eigenvalue weighted by Crippen LogP contribution is -2.21. The second-order valence-corrected chi connectivity index (χ2v) is 5.86. The van der Waals surface area contributed by atoms with E-state index in [1.54, 1.807) is 0 Å². The van der Waals surface area contributed by atoms with Crippen molar-refractivity contribution in [3.63, 3.8) is 0 Å². The zero-order chi connectivity index (χ0) is 16.8. The quantitative estimate of drug-likeness (QED) is 0.558. The van der Waals surface area contributed by atoms with Crippen molar-refractivity contribution in [2.45, 2.75) is 19.8 Å². The summed E-state index contributed by atoms with van der Waals surface area (Å²) < 4.78 is 0. The molecule has 0 aliphatic carbocycles. The first-order valence-corrected chi connectivity index (χ1v) is 8.05. The Bertz CT molecular complexity index is 864. The summed E-state index contributed by atoms with van der Waals surface area (Å²) in [7, 11) is 0. The molecule has 0 aliphatic rings. The highest BCUT2D eigenvalue weighted by Crippen LogP contribution is 2.18. The van der Waals surface area contributed by atoms with E-state index >= 15 is 0 Å². The zero-order valence-electron chi connectivity index (χ0n) is 13.7. The molecule has 0 aliphatic heterocycles. The van der Waals surface area contributed by atoms with Gasteiger partial charge in [-0.15, -0.1) is 0 Å². The van der Waals surface area contributed by atoms with Crippen molar-refractivity contribution in [3.8, 4) is 0 Å². The molecule has 3 aromatic rings. The van der Waals surface area contributed by atoms with Crippen LogP contribution in [0.2, 0.25) is 0 Å². The van der Waals surface area contributed by atoms with E-state index in [2.05, 4.69) is 34.8 Å². The van der Waals surface area contributed by atoms with E-state index in [4.69, 9.17) is 0 Å². The largest absolute Gasteiger partial charge is 0.273 e. The van der Waals surface area contributed by atoms with Crippen molar-refractivity contribution in [2.24, 2.45) is 5.10 Å². The molecule has 1 N–H and O–H groups in total. The van der Waals surface area contributed by atoms with E-state index in [0.717, 1.165) is 28.5 Å². The minimum absolute atomic E-state index is 0.0984. The summed E-state index contributed by atoms with van der Waals surface area (Å²) in [6, 6.07) is 24.2. The lowest BCUT2D eigenvalue weighted by atomic mass is 10.0. The molecule has 3 aromatic carbocycles. The van der Waals surface area contributed by atoms with Gasteiger partial charge in [0, 0.05) is 12.1 Å². The molecule has 3 rings (SSSR count). The number of rotatable bonds is 5. The molecule has 24 heavy (non-hydrogen) atoms. The Morgan fingerprint density at radius 1 is 0.875 bits per heavy atom. The van der Waals surface area contributed by atoms with E-state index in [0.29, 0.717) is 6.42 Å². The van der Waals surface area contributed by atoms with Gasteiger partial charge in [-0.25, -0.2) is 5.43 Å². The van der Waals surface area contributed by atoms with Gasteiger partial charge in [-0.3, -0.25) is 4.79 Å². The van der Waals surface area contributed by atoms with Crippen LogP contribution in [-0.4, -0.2) is 11.6 Å². The molecule has 0 bridgehead atoms. The summed E-state index contributed by atoms with van der Waals surface area (Å²) in [6.45, 7) is 1.92. The third-order valence-electron chi connectivity index (χ3n) is 3.91. The molecule has 0 radical (unpaired) electrons. The van der Waals surface area contributed by atoms with Crippen molar-refractivity contribution >= 4 is 22.4 Å². The number of hydrogen-bond acceptors (Lipinski definition) is 2. The number of carbonyl (C=O) groups excluding carboxylic acids is 1. The predicted octanol–water partition coefficient (Wildman–Crippen LogP) is 4.12. The smallest absolute Gasteiger partial charge is 0.244 e. The van der Waals surface area contributed by atoms with Gasteiger partial charge in [0.1, 0.15) is 0 Å². The Morgan fingerprint density at radius 2 is 1.58 bits per heavy atom. The third-order valence-corrected chi connectivity index (χ3v) is 3.91. The first kappa shape index (κ1) is 15.9. The van der Waals surface area contributed by atoms with Gasteiger partial charge in [0.2, 0.25) is 5.91 Å². The van der Waals surface area contributed by atoms with Gasteiger partial charge in [0.15, 0.2) is 0 Å². The first-order chi connectivity index (χ1) is 11.7. The molecular weight excluding hydrogens is 296 g/mol. The fourth-order valence-corrected chi connectivity index (χ4v) is 2.75. The minimum Gasteiger partial charge on any atom is -0.273 e. The van der Waals surface area contributed by atoms with Gasteiger partial charge < -0.3 is 0 Å². The van der Waals surface area contributed by atoms with Crippen LogP contribution in [0, 0.1) is 0 Å². The maximum absolute atomic E-state index is 12.2. The summed E-state index contributed by atoms with van der Waals surface area (Å²) in [6.07, 6.45) is 1.05. The van der Waals surface area contributed by atoms with Crippen molar-refractivity contribution in [1.29, 1.82) is 0 Å². The topological polar surface area (TPSA) is 41.5 Å². The highest BCUT2D eigenvalue weighted by molar-refractivity contribution is 5.91. The molecular formula is C21H20N2O. The normalized spacial score (nSPS) is 11.5. The number of carbonyl (C=O) groups is 1. The number of nitrogens with one attached hydrogen (secondary N) is 1. The lowest BCUT2D eigenvalue weighted by Gasteiger charge is -2.06. The average Bonchev–Trinajstić information content (AvgIpc) is 2.61. The summed E-state index contributed by atoms with van der Waals surface area (Å²) >= 11 is 0. The van der Waals surface area contributed by atoms with E-state index < -0.39 is 0 Å². The highest BCUT2D eigenvalue weighted by Gasteiger charge is 2.06. The van der Waals surface area contributed by atoms with Crippen molar-refractivity contribution in [3.05, 3.63) is 83.9 Å². The van der Waals surface area contributed by atoms with Crippen molar-refractivity contribution < 1.29 is 4.79 Å². The summed E-state index contributed by atoms with van der Waals surface area (Å²) in [4.78, 5) is 12.2. The summed E-state index contributed by atoms with van der Waals surface area (Å²) in [5.41, 5.74) is 5.74. The second kappa shape index (κ2) is 7.55. The maximum Gasteiger partial charge on any atom is 0.244 e. The number of fused-ring (bicyclic) bond motifs is 1. The van der Waals surface area contributed by atoms with Crippen LogP contribution in [0.5, 0.6) is 0 Å². The number of benzene rings is 3. The Kier molecular flexibility index (Phi) is 5.02. The number of nitrogens with zero attached hydrogens (tertiary/aromatic N) is 1. The van der Waals surface area contributed by atoms with Gasteiger partial charge in [0.05, 0.1) is 6.42 Å². The van der Waals surface area contributed by atoms with Crippen molar-refractivity contribution in [2.75, 3.05) is 0 Å². The summed E-state index contributed by atoms with van der Waals surface area (Å²) in [5.74, 6) is -0.0984. The van der Waals surface area contributed by atoms with Gasteiger partial charge in [-0.2, -0.15) is 5.10 Å². The Morgan fingerprint density at radius 3 is 2.42 bits per heavy atom. The minimum atomic E-state index is -0.0984. The zero-order valence-corrected chi connectivity index (χ0v) is 13.7. The Labute approximate surface area is 142 Å². The molecule has 0 saturated carbocycles. The lowest BCUT2D eigenvalue weighted by molar-refractivity contribution is -0.120. The van der Waals surface area contributed by atoms with Gasteiger partial charge in [-0.1, -0.05) is 72.8 Å². The van der Waals surface area contributed by atoms with Crippen LogP contribution in [0.3, 0.4) is 0 Å². The SMILES string of the molecule is C/C(Cc1ccccc1)=N\NC(=O)Cc1cccc2ccccc12. The average molecular weight is 316 g/mol. The van der Waals surface area contributed by atoms with Crippen LogP contribution in [0.25, 0.3) is 10.8 Å². The van der Waals surface area contributed by atoms with Crippen LogP contribution in [-0.2, 0) is 17.6 Å². The fraction of sp³-hybridized carbons (Fsp3) is 0.143. The predicted molar refractivity (Wildman–Crippen MR) is 99.0 cm³/mol. The van der Waals surface area contributed by atoms with Crippen LogP contribution >= 0.6 is 0 Å². The first-order valence-electron chi connectivity index (χ1n) is 8.05. The number of hydrogen-bond donors (Lipinski definition) is 1. The molecule has 0 heterocycles. The van der Waals surface area contributed by atoms with E-state index in [-0.39, 0.29) is 5.91 Å². The molecule has 120 valence electrons. The second-order valence-electron chi connectivity index (χ2n) is 5.86. The highest BCUT2D eigenvalue weighted by atomic mass is 16.2. The fourth-order valence-electron chi connectivity index (χ4n) is 2.75. The summed E-state index contributed by atoms with van der Waals surface area (Å²) in [5, 5.41) is 6.47. The van der Waals surface area contributed by atoms with Gasteiger partial charge in [0.25, 0.3) is 0 Å². The molecule has 0 atom stereocenters. The number of amides is 1. The van der Waals surface area contributed by atoms with Crippen LogP contribution < -0.4 is 5.43 Å². The van der Waals surface area contributed by atoms with Gasteiger partial charge in [-0.05, 0) is 28.8 Å². The van der Waals surface area contributed by atoms with Crippen LogP contribution in [0.15, 0.2) is 77.9 Å². The standard InChI is InChI=1S/C21H20N2O/c1-16(14-17-8-3-2-4-9-17)22-23-21(24)15-19-12-7-11-18-10-5-6-13-20(18)19/h2-13H,14-15H2,1H3,(H,23,24)/b22-16+. The molecule has 3 heteroatoms. The monoisotopic (exact) mass is 316 g/mol. The maximum atomic E-state index is 12.2. The Hall–Kier alpha value is -2.94. The van der Waals surface area contributed by atoms with Crippen LogP contribution in [0.1, 0.15) is 18.1 Å². The van der Waals surface area contributed by atoms with Crippen LogP contribution in [0.4, 0.5) is 0 Å². The molecule has 0 unspecified atom stereocenters. The molecule has 1 amide bonds. The molecule has 0 spiro atoms. The third kappa shape index (κ3) is 4.07. The molecule has 0 saturated heterocycles. The van der Waals surface area contributed by atoms with E-state index in [9.17, 15) is 4.79 Å². The molecule has 0 fully saturated rings. The molecule has 0 aromatic heterocycles. The van der Waals surface area contributed by atoms with E-state index in [1.807, 2.05) is 55.5 Å². The Balaban J connectivity index is 1.64. The van der Waals surface area contributed by atoms with Gasteiger partial charge >= 0.3 is 0 Å².